The van der Waals surface area contributed by atoms with Gasteiger partial charge in [0.25, 0.3) is 0 Å². The van der Waals surface area contributed by atoms with Crippen LogP contribution in [0.2, 0.25) is 0 Å². The van der Waals surface area contributed by atoms with Gasteiger partial charge in [-0.3, -0.25) is 0 Å². The molecule has 4 rings (SSSR count). The van der Waals surface area contributed by atoms with E-state index >= 15 is 0 Å². The Balaban J connectivity index is 1.29. The molecule has 0 aliphatic carbocycles. The molecule has 0 radical (unpaired) electrons. The topological polar surface area (TPSA) is 36.0 Å². The second kappa shape index (κ2) is 8.19. The van der Waals surface area contributed by atoms with Crippen molar-refractivity contribution in [3.63, 3.8) is 0 Å². The maximum absolute atomic E-state index is 12.9. The van der Waals surface area contributed by atoms with Crippen molar-refractivity contribution in [3.8, 4) is 0 Å². The van der Waals surface area contributed by atoms with Crippen LogP contribution in [0, 0.1) is 0 Å². The lowest BCUT2D eigenvalue weighted by Crippen LogP contribution is -2.57. The molecular formula is C22H33N3O2. The van der Waals surface area contributed by atoms with Gasteiger partial charge >= 0.3 is 6.03 Å². The largest absolute Gasteiger partial charge is 0.381 e. The second-order valence-electron chi connectivity index (χ2n) is 8.51. The van der Waals surface area contributed by atoms with Gasteiger partial charge in [-0.25, -0.2) is 4.79 Å². The number of likely N-dealkylation sites (N-methyl/N-ethyl adjacent to an activating group) is 1. The number of aryl methyl sites for hydroxylation is 1. The summed E-state index contributed by atoms with van der Waals surface area (Å²) in [4.78, 5) is 19.7. The number of amides is 2. The monoisotopic (exact) mass is 371 g/mol. The van der Waals surface area contributed by atoms with Gasteiger partial charge in [-0.1, -0.05) is 30.3 Å². The Bertz CT molecular complexity index is 622. The molecule has 3 aliphatic heterocycles. The van der Waals surface area contributed by atoms with E-state index in [1.807, 2.05) is 11.9 Å². The first-order valence-electron chi connectivity index (χ1n) is 10.6. The summed E-state index contributed by atoms with van der Waals surface area (Å²) in [5.41, 5.74) is 1.45. The molecule has 3 aliphatic rings. The highest BCUT2D eigenvalue weighted by Crippen LogP contribution is 2.38. The van der Waals surface area contributed by atoms with E-state index in [-0.39, 0.29) is 11.6 Å². The summed E-state index contributed by atoms with van der Waals surface area (Å²) in [6.45, 7) is 5.83. The third kappa shape index (κ3) is 3.99. The number of hydrogen-bond acceptors (Lipinski definition) is 3. The normalized spacial score (nSPS) is 24.1. The fourth-order valence-corrected chi connectivity index (χ4v) is 5.22. The van der Waals surface area contributed by atoms with Crippen LogP contribution in [0.5, 0.6) is 0 Å². The smallest absolute Gasteiger partial charge is 0.320 e. The zero-order valence-electron chi connectivity index (χ0n) is 16.6. The maximum Gasteiger partial charge on any atom is 0.320 e. The van der Waals surface area contributed by atoms with E-state index in [2.05, 4.69) is 40.1 Å². The summed E-state index contributed by atoms with van der Waals surface area (Å²) in [5.74, 6) is 0. The first-order chi connectivity index (χ1) is 13.2. The van der Waals surface area contributed by atoms with Crippen LogP contribution in [0.1, 0.15) is 37.7 Å². The van der Waals surface area contributed by atoms with Crippen molar-refractivity contribution < 1.29 is 9.53 Å². The van der Waals surface area contributed by atoms with E-state index in [1.165, 1.54) is 12.0 Å². The molecule has 5 nitrogen and oxygen atoms in total. The summed E-state index contributed by atoms with van der Waals surface area (Å²) in [7, 11) is 1.96. The van der Waals surface area contributed by atoms with Crippen molar-refractivity contribution in [2.75, 3.05) is 46.4 Å². The van der Waals surface area contributed by atoms with Crippen LogP contribution in [0.3, 0.4) is 0 Å². The van der Waals surface area contributed by atoms with Crippen LogP contribution in [0.25, 0.3) is 0 Å². The third-order valence-corrected chi connectivity index (χ3v) is 6.70. The van der Waals surface area contributed by atoms with E-state index < -0.39 is 0 Å². The molecule has 0 unspecified atom stereocenters. The lowest BCUT2D eigenvalue weighted by atomic mass is 9.86. The minimum absolute atomic E-state index is 0.0181. The first-order valence-corrected chi connectivity index (χ1v) is 10.6. The number of piperidine rings is 1. The van der Waals surface area contributed by atoms with Gasteiger partial charge in [0.15, 0.2) is 0 Å². The van der Waals surface area contributed by atoms with Crippen molar-refractivity contribution in [3.05, 3.63) is 35.9 Å². The Kier molecular flexibility index (Phi) is 5.69. The highest BCUT2D eigenvalue weighted by atomic mass is 16.5. The summed E-state index contributed by atoms with van der Waals surface area (Å²) < 4.78 is 5.60. The molecule has 2 amide bonds. The summed E-state index contributed by atoms with van der Waals surface area (Å²) >= 11 is 0. The molecule has 0 saturated carbocycles. The predicted molar refractivity (Wildman–Crippen MR) is 107 cm³/mol. The van der Waals surface area contributed by atoms with Gasteiger partial charge in [-0.15, -0.1) is 0 Å². The van der Waals surface area contributed by atoms with Gasteiger partial charge < -0.3 is 19.4 Å². The maximum atomic E-state index is 12.9. The number of likely N-dealkylation sites (tertiary alicyclic amines) is 1. The second-order valence-corrected chi connectivity index (χ2v) is 8.51. The molecule has 148 valence electrons. The van der Waals surface area contributed by atoms with Crippen LogP contribution in [-0.4, -0.2) is 78.8 Å². The molecule has 27 heavy (non-hydrogen) atoms. The van der Waals surface area contributed by atoms with E-state index in [0.29, 0.717) is 6.04 Å². The standard InChI is InChI=1S/C22H33N3O2/c1-23-18-22(11-16-27-17-12-22)25(21(23)26)20-9-14-24(15-10-20)13-5-8-19-6-3-2-4-7-19/h2-4,6-7,20H,5,8-18H2,1H3. The number of ether oxygens (including phenoxy) is 1. The van der Waals surface area contributed by atoms with Gasteiger partial charge in [0.05, 0.1) is 5.54 Å². The molecular weight excluding hydrogens is 338 g/mol. The molecule has 0 aromatic heterocycles. The van der Waals surface area contributed by atoms with Gasteiger partial charge in [0, 0.05) is 45.9 Å². The van der Waals surface area contributed by atoms with Crippen molar-refractivity contribution in [1.82, 2.24) is 14.7 Å². The van der Waals surface area contributed by atoms with Crippen molar-refractivity contribution in [2.24, 2.45) is 0 Å². The highest BCUT2D eigenvalue weighted by molar-refractivity contribution is 5.78. The lowest BCUT2D eigenvalue weighted by molar-refractivity contribution is -0.0161. The average Bonchev–Trinajstić information content (AvgIpc) is 2.93. The fourth-order valence-electron chi connectivity index (χ4n) is 5.22. The van der Waals surface area contributed by atoms with E-state index in [4.69, 9.17) is 4.74 Å². The Hall–Kier alpha value is -1.59. The predicted octanol–water partition coefficient (Wildman–Crippen LogP) is 3.00. The van der Waals surface area contributed by atoms with Crippen molar-refractivity contribution >= 4 is 6.03 Å². The van der Waals surface area contributed by atoms with Crippen LogP contribution in [0.15, 0.2) is 30.3 Å². The molecule has 3 saturated heterocycles. The van der Waals surface area contributed by atoms with Crippen LogP contribution in [0.4, 0.5) is 4.79 Å². The molecule has 1 aromatic carbocycles. The van der Waals surface area contributed by atoms with Gasteiger partial charge in [0.2, 0.25) is 0 Å². The number of carbonyl (C=O) groups excluding carboxylic acids is 1. The van der Waals surface area contributed by atoms with Gasteiger partial charge in [-0.2, -0.15) is 0 Å². The molecule has 1 aromatic rings. The van der Waals surface area contributed by atoms with Gasteiger partial charge in [-0.05, 0) is 50.6 Å². The Morgan fingerprint density at radius 3 is 2.52 bits per heavy atom. The van der Waals surface area contributed by atoms with Gasteiger partial charge in [0.1, 0.15) is 0 Å². The molecule has 5 heteroatoms. The number of rotatable bonds is 5. The molecule has 3 heterocycles. The number of nitrogens with zero attached hydrogens (tertiary/aromatic N) is 3. The van der Waals surface area contributed by atoms with E-state index in [9.17, 15) is 4.79 Å². The first kappa shape index (κ1) is 18.8. The van der Waals surface area contributed by atoms with Crippen LogP contribution in [-0.2, 0) is 11.2 Å². The Labute approximate surface area is 163 Å². The highest BCUT2D eigenvalue weighted by Gasteiger charge is 2.51. The number of urea groups is 1. The Morgan fingerprint density at radius 1 is 1.11 bits per heavy atom. The summed E-state index contributed by atoms with van der Waals surface area (Å²) in [5, 5.41) is 0. The van der Waals surface area contributed by atoms with E-state index in [0.717, 1.165) is 71.5 Å². The van der Waals surface area contributed by atoms with Crippen LogP contribution < -0.4 is 0 Å². The number of carbonyl (C=O) groups is 1. The molecule has 0 bridgehead atoms. The molecule has 1 spiro atoms. The zero-order chi connectivity index (χ0) is 18.7. The molecule has 3 fully saturated rings. The number of benzene rings is 1. The van der Waals surface area contributed by atoms with Crippen molar-refractivity contribution in [2.45, 2.75) is 50.1 Å². The number of hydrogen-bond donors (Lipinski definition) is 0. The third-order valence-electron chi connectivity index (χ3n) is 6.70. The van der Waals surface area contributed by atoms with Crippen LogP contribution >= 0.6 is 0 Å². The molecule has 0 atom stereocenters. The molecule has 0 N–H and O–H groups in total. The quantitative estimate of drug-likeness (QED) is 0.798. The lowest BCUT2D eigenvalue weighted by Gasteiger charge is -2.46. The summed E-state index contributed by atoms with van der Waals surface area (Å²) in [6.07, 6.45) is 6.54. The average molecular weight is 372 g/mol. The Morgan fingerprint density at radius 2 is 1.81 bits per heavy atom. The summed E-state index contributed by atoms with van der Waals surface area (Å²) in [6, 6.07) is 11.4. The SMILES string of the molecule is CN1CC2(CCOCC2)N(C2CCN(CCCc3ccccc3)CC2)C1=O. The van der Waals surface area contributed by atoms with Crippen molar-refractivity contribution in [1.29, 1.82) is 0 Å². The minimum atomic E-state index is 0.0181. The zero-order valence-corrected chi connectivity index (χ0v) is 16.6. The fraction of sp³-hybridized carbons (Fsp3) is 0.682. The van der Waals surface area contributed by atoms with E-state index in [1.54, 1.807) is 0 Å². The minimum Gasteiger partial charge on any atom is -0.381 e.